The molecule has 0 unspecified atom stereocenters. The van der Waals surface area contributed by atoms with E-state index in [1.807, 2.05) is 62.4 Å². The van der Waals surface area contributed by atoms with Crippen molar-refractivity contribution < 1.29 is 14.3 Å². The fourth-order valence-corrected chi connectivity index (χ4v) is 2.57. The Bertz CT molecular complexity index is 953. The number of carbonyl (C=O) groups is 1. The second-order valence-electron chi connectivity index (χ2n) is 6.26. The molecule has 1 heterocycles. The minimum atomic E-state index is -0.266. The van der Waals surface area contributed by atoms with Crippen LogP contribution in [0.15, 0.2) is 78.2 Å². The third-order valence-electron chi connectivity index (χ3n) is 4.18. The SMILES string of the molecule is CCOc1ccc(OCc2ccc(C(=O)NN=C(C)c3ccncc3)cc2)cc1. The largest absolute Gasteiger partial charge is 0.494 e. The molecule has 1 N–H and O–H groups in total. The van der Waals surface area contributed by atoms with Gasteiger partial charge in [-0.1, -0.05) is 12.1 Å². The van der Waals surface area contributed by atoms with Gasteiger partial charge in [0, 0.05) is 23.5 Å². The number of carbonyl (C=O) groups excluding carboxylic acids is 1. The monoisotopic (exact) mass is 389 g/mol. The number of hydrogen-bond donors (Lipinski definition) is 1. The number of amides is 1. The third kappa shape index (κ3) is 5.90. The molecule has 0 radical (unpaired) electrons. The Labute approximate surface area is 170 Å². The number of benzene rings is 2. The Morgan fingerprint density at radius 1 is 0.897 bits per heavy atom. The molecular formula is C23H23N3O3. The first-order chi connectivity index (χ1) is 14.2. The maximum atomic E-state index is 12.3. The van der Waals surface area contributed by atoms with Crippen LogP contribution in [0.5, 0.6) is 11.5 Å². The van der Waals surface area contributed by atoms with Crippen molar-refractivity contribution >= 4 is 11.6 Å². The van der Waals surface area contributed by atoms with E-state index in [0.29, 0.717) is 24.5 Å². The van der Waals surface area contributed by atoms with Crippen molar-refractivity contribution in [2.75, 3.05) is 6.61 Å². The molecule has 1 aromatic heterocycles. The van der Waals surface area contributed by atoms with Crippen molar-refractivity contribution in [2.45, 2.75) is 20.5 Å². The van der Waals surface area contributed by atoms with Gasteiger partial charge >= 0.3 is 0 Å². The molecule has 148 valence electrons. The number of pyridine rings is 1. The summed E-state index contributed by atoms with van der Waals surface area (Å²) in [4.78, 5) is 16.2. The summed E-state index contributed by atoms with van der Waals surface area (Å²) >= 11 is 0. The summed E-state index contributed by atoms with van der Waals surface area (Å²) in [5, 5.41) is 4.14. The number of aromatic nitrogens is 1. The second-order valence-corrected chi connectivity index (χ2v) is 6.26. The highest BCUT2D eigenvalue weighted by atomic mass is 16.5. The van der Waals surface area contributed by atoms with E-state index >= 15 is 0 Å². The first kappa shape index (κ1) is 20.1. The van der Waals surface area contributed by atoms with E-state index in [-0.39, 0.29) is 5.91 Å². The Kier molecular flexibility index (Phi) is 6.95. The maximum absolute atomic E-state index is 12.3. The summed E-state index contributed by atoms with van der Waals surface area (Å²) in [5.41, 5.74) is 5.68. The minimum absolute atomic E-state index is 0.266. The summed E-state index contributed by atoms with van der Waals surface area (Å²) in [5.74, 6) is 1.31. The average Bonchev–Trinajstić information content (AvgIpc) is 2.78. The summed E-state index contributed by atoms with van der Waals surface area (Å²) in [6.07, 6.45) is 3.37. The van der Waals surface area contributed by atoms with E-state index in [1.165, 1.54) is 0 Å². The molecule has 0 bridgehead atoms. The van der Waals surface area contributed by atoms with Gasteiger partial charge in [-0.3, -0.25) is 9.78 Å². The van der Waals surface area contributed by atoms with Crippen LogP contribution < -0.4 is 14.9 Å². The Balaban J connectivity index is 1.53. The lowest BCUT2D eigenvalue weighted by Gasteiger charge is -2.08. The Hall–Kier alpha value is -3.67. The highest BCUT2D eigenvalue weighted by Gasteiger charge is 2.06. The zero-order chi connectivity index (χ0) is 20.5. The van der Waals surface area contributed by atoms with Gasteiger partial charge in [0.25, 0.3) is 5.91 Å². The average molecular weight is 389 g/mol. The molecule has 6 nitrogen and oxygen atoms in total. The van der Waals surface area contributed by atoms with Gasteiger partial charge < -0.3 is 9.47 Å². The topological polar surface area (TPSA) is 72.8 Å². The van der Waals surface area contributed by atoms with E-state index < -0.39 is 0 Å². The van der Waals surface area contributed by atoms with Crippen molar-refractivity contribution in [1.82, 2.24) is 10.4 Å². The quantitative estimate of drug-likeness (QED) is 0.463. The molecule has 1 amide bonds. The molecule has 29 heavy (non-hydrogen) atoms. The smallest absolute Gasteiger partial charge is 0.271 e. The van der Waals surface area contributed by atoms with E-state index in [0.717, 1.165) is 22.6 Å². The van der Waals surface area contributed by atoms with Gasteiger partial charge in [0.1, 0.15) is 18.1 Å². The predicted octanol–water partition coefficient (Wildman–Crippen LogP) is 4.21. The maximum Gasteiger partial charge on any atom is 0.271 e. The van der Waals surface area contributed by atoms with Crippen LogP contribution in [0.1, 0.15) is 35.3 Å². The molecule has 0 fully saturated rings. The molecule has 0 saturated carbocycles. The Morgan fingerprint density at radius 3 is 2.14 bits per heavy atom. The van der Waals surface area contributed by atoms with Crippen LogP contribution >= 0.6 is 0 Å². The van der Waals surface area contributed by atoms with Gasteiger partial charge in [-0.25, -0.2) is 5.43 Å². The molecule has 0 spiro atoms. The first-order valence-electron chi connectivity index (χ1n) is 9.35. The number of nitrogens with one attached hydrogen (secondary N) is 1. The van der Waals surface area contributed by atoms with Crippen LogP contribution in [-0.2, 0) is 6.61 Å². The van der Waals surface area contributed by atoms with Gasteiger partial charge in [0.05, 0.1) is 12.3 Å². The molecule has 0 aliphatic rings. The van der Waals surface area contributed by atoms with Gasteiger partial charge in [-0.05, 0) is 67.9 Å². The third-order valence-corrected chi connectivity index (χ3v) is 4.18. The van der Waals surface area contributed by atoms with E-state index in [1.54, 1.807) is 24.5 Å². The lowest BCUT2D eigenvalue weighted by atomic mass is 10.1. The molecule has 6 heteroatoms. The summed E-state index contributed by atoms with van der Waals surface area (Å²) in [6.45, 7) is 4.82. The summed E-state index contributed by atoms with van der Waals surface area (Å²) in [7, 11) is 0. The highest BCUT2D eigenvalue weighted by Crippen LogP contribution is 2.18. The molecule has 0 aliphatic heterocycles. The first-order valence-corrected chi connectivity index (χ1v) is 9.35. The van der Waals surface area contributed by atoms with E-state index in [9.17, 15) is 4.79 Å². The molecule has 2 aromatic carbocycles. The minimum Gasteiger partial charge on any atom is -0.494 e. The zero-order valence-electron chi connectivity index (χ0n) is 16.5. The van der Waals surface area contributed by atoms with Crippen LogP contribution in [0.2, 0.25) is 0 Å². The fourth-order valence-electron chi connectivity index (χ4n) is 2.57. The second kappa shape index (κ2) is 10.0. The van der Waals surface area contributed by atoms with Crippen molar-refractivity contribution in [3.05, 3.63) is 89.7 Å². The van der Waals surface area contributed by atoms with Crippen molar-refractivity contribution in [3.8, 4) is 11.5 Å². The molecular weight excluding hydrogens is 366 g/mol. The van der Waals surface area contributed by atoms with Crippen LogP contribution in [-0.4, -0.2) is 23.2 Å². The van der Waals surface area contributed by atoms with Crippen LogP contribution in [0, 0.1) is 0 Å². The Morgan fingerprint density at radius 2 is 1.52 bits per heavy atom. The van der Waals surface area contributed by atoms with Gasteiger partial charge in [-0.15, -0.1) is 0 Å². The van der Waals surface area contributed by atoms with Crippen LogP contribution in [0.3, 0.4) is 0 Å². The number of ether oxygens (including phenoxy) is 2. The van der Waals surface area contributed by atoms with Crippen molar-refractivity contribution in [2.24, 2.45) is 5.10 Å². The number of rotatable bonds is 8. The number of hydrogen-bond acceptors (Lipinski definition) is 5. The highest BCUT2D eigenvalue weighted by molar-refractivity contribution is 6.00. The normalized spacial score (nSPS) is 11.0. The molecule has 0 saturated heterocycles. The van der Waals surface area contributed by atoms with Gasteiger partial charge in [-0.2, -0.15) is 5.10 Å². The standard InChI is InChI=1S/C23H23N3O3/c1-3-28-21-8-10-22(11-9-21)29-16-18-4-6-20(7-5-18)23(27)26-25-17(2)19-12-14-24-15-13-19/h4-15H,3,16H2,1-2H3,(H,26,27). The fraction of sp³-hybridized carbons (Fsp3) is 0.174. The lowest BCUT2D eigenvalue weighted by molar-refractivity contribution is 0.0955. The van der Waals surface area contributed by atoms with Crippen LogP contribution in [0.4, 0.5) is 0 Å². The van der Waals surface area contributed by atoms with Gasteiger partial charge in [0.2, 0.25) is 0 Å². The van der Waals surface area contributed by atoms with E-state index in [2.05, 4.69) is 15.5 Å². The van der Waals surface area contributed by atoms with Crippen molar-refractivity contribution in [3.63, 3.8) is 0 Å². The molecule has 0 atom stereocenters. The van der Waals surface area contributed by atoms with Crippen LogP contribution in [0.25, 0.3) is 0 Å². The zero-order valence-corrected chi connectivity index (χ0v) is 16.5. The van der Waals surface area contributed by atoms with Crippen molar-refractivity contribution in [1.29, 1.82) is 0 Å². The van der Waals surface area contributed by atoms with E-state index in [4.69, 9.17) is 9.47 Å². The summed E-state index contributed by atoms with van der Waals surface area (Å²) in [6, 6.07) is 18.4. The number of nitrogens with zero attached hydrogens (tertiary/aromatic N) is 2. The molecule has 3 rings (SSSR count). The lowest BCUT2D eigenvalue weighted by Crippen LogP contribution is -2.19. The van der Waals surface area contributed by atoms with Gasteiger partial charge in [0.15, 0.2) is 0 Å². The predicted molar refractivity (Wildman–Crippen MR) is 112 cm³/mol. The molecule has 3 aromatic rings. The molecule has 0 aliphatic carbocycles. The number of hydrazone groups is 1. The summed E-state index contributed by atoms with van der Waals surface area (Å²) < 4.78 is 11.2.